The summed E-state index contributed by atoms with van der Waals surface area (Å²) in [5.74, 6) is -0.448. The van der Waals surface area contributed by atoms with E-state index in [1.54, 1.807) is 6.08 Å². The summed E-state index contributed by atoms with van der Waals surface area (Å²) in [5, 5.41) is 23.8. The Morgan fingerprint density at radius 1 is 0.723 bits per heavy atom. The number of phosphoric ester groups is 1. The van der Waals surface area contributed by atoms with Gasteiger partial charge in [0.2, 0.25) is 5.91 Å². The topological polar surface area (TPSA) is 151 Å². The van der Waals surface area contributed by atoms with Gasteiger partial charge in [0.05, 0.1) is 37.9 Å². The summed E-state index contributed by atoms with van der Waals surface area (Å²) in [6.45, 7) is 3.90. The minimum absolute atomic E-state index is 0.0507. The van der Waals surface area contributed by atoms with Crippen LogP contribution in [0.4, 0.5) is 0 Å². The zero-order valence-electron chi connectivity index (χ0n) is 30.4. The highest BCUT2D eigenvalue weighted by Gasteiger charge is 2.27. The smallest absolute Gasteiger partial charge is 0.393 e. The average molecular weight is 691 g/mol. The molecule has 6 N–H and O–H groups in total. The van der Waals surface area contributed by atoms with Gasteiger partial charge in [0, 0.05) is 6.54 Å². The van der Waals surface area contributed by atoms with Crippen LogP contribution < -0.4 is 11.1 Å². The Kier molecular flexibility index (Phi) is 33.1. The number of rotatable bonds is 36. The molecule has 4 atom stereocenters. The summed E-state index contributed by atoms with van der Waals surface area (Å²) in [4.78, 5) is 22.5. The minimum atomic E-state index is -4.38. The number of phosphoric acid groups is 1. The molecule has 0 saturated carbocycles. The Bertz CT molecular complexity index is 771. The number of hydrogen-bond acceptors (Lipinski definition) is 7. The molecule has 0 bridgehead atoms. The summed E-state index contributed by atoms with van der Waals surface area (Å²) in [7, 11) is -4.38. The highest BCUT2D eigenvalue weighted by atomic mass is 31.2. The van der Waals surface area contributed by atoms with Crippen LogP contribution in [0.5, 0.6) is 0 Å². The molecular weight excluding hydrogens is 615 g/mol. The van der Waals surface area contributed by atoms with Crippen molar-refractivity contribution >= 4 is 13.7 Å². The van der Waals surface area contributed by atoms with Crippen LogP contribution in [0.15, 0.2) is 12.2 Å². The second-order valence-electron chi connectivity index (χ2n) is 13.3. The maximum Gasteiger partial charge on any atom is 0.472 e. The molecule has 0 aromatic heterocycles. The van der Waals surface area contributed by atoms with Crippen molar-refractivity contribution in [1.82, 2.24) is 5.32 Å². The molecule has 0 spiro atoms. The summed E-state index contributed by atoms with van der Waals surface area (Å²) >= 11 is 0. The van der Waals surface area contributed by atoms with Crippen LogP contribution in [0.1, 0.15) is 181 Å². The summed E-state index contributed by atoms with van der Waals surface area (Å²) < 4.78 is 21.9. The largest absolute Gasteiger partial charge is 0.472 e. The molecule has 0 aromatic carbocycles. The number of carbonyl (C=O) groups excluding carboxylic acids is 1. The Hall–Kier alpha value is -0.800. The van der Waals surface area contributed by atoms with E-state index < -0.39 is 38.6 Å². The molecule has 0 aliphatic carbocycles. The van der Waals surface area contributed by atoms with E-state index in [-0.39, 0.29) is 19.6 Å². The fourth-order valence-corrected chi connectivity index (χ4v) is 6.46. The van der Waals surface area contributed by atoms with Gasteiger partial charge in [0.15, 0.2) is 0 Å². The molecular formula is C37H75N2O7P. The van der Waals surface area contributed by atoms with Gasteiger partial charge in [-0.2, -0.15) is 0 Å². The van der Waals surface area contributed by atoms with Gasteiger partial charge >= 0.3 is 7.82 Å². The lowest BCUT2D eigenvalue weighted by Gasteiger charge is -2.24. The molecule has 280 valence electrons. The van der Waals surface area contributed by atoms with Gasteiger partial charge in [-0.1, -0.05) is 167 Å². The first kappa shape index (κ1) is 46.2. The monoisotopic (exact) mass is 691 g/mol. The molecule has 0 heterocycles. The normalized spacial score (nSPS) is 15.1. The molecule has 1 amide bonds. The van der Waals surface area contributed by atoms with Crippen LogP contribution >= 0.6 is 7.82 Å². The fourth-order valence-electron chi connectivity index (χ4n) is 5.70. The van der Waals surface area contributed by atoms with Crippen LogP contribution in [0.2, 0.25) is 0 Å². The molecule has 4 unspecified atom stereocenters. The maximum absolute atomic E-state index is 12.7. The first-order valence-electron chi connectivity index (χ1n) is 19.4. The van der Waals surface area contributed by atoms with Crippen molar-refractivity contribution in [3.8, 4) is 0 Å². The van der Waals surface area contributed by atoms with E-state index in [1.165, 1.54) is 116 Å². The van der Waals surface area contributed by atoms with E-state index in [4.69, 9.17) is 14.8 Å². The number of unbranched alkanes of at least 4 members (excludes halogenated alkanes) is 22. The highest BCUT2D eigenvalue weighted by molar-refractivity contribution is 7.47. The number of aliphatic hydroxyl groups is 2. The number of carbonyl (C=O) groups is 1. The van der Waals surface area contributed by atoms with Gasteiger partial charge in [-0.15, -0.1) is 0 Å². The van der Waals surface area contributed by atoms with Crippen LogP contribution in [0.25, 0.3) is 0 Å². The fraction of sp³-hybridized carbons (Fsp3) is 0.919. The quantitative estimate of drug-likeness (QED) is 0.0248. The maximum atomic E-state index is 12.7. The van der Waals surface area contributed by atoms with Crippen molar-refractivity contribution in [3.63, 3.8) is 0 Å². The molecule has 0 radical (unpaired) electrons. The lowest BCUT2D eigenvalue weighted by molar-refractivity contribution is -0.124. The molecule has 0 rings (SSSR count). The molecule has 0 aliphatic rings. The van der Waals surface area contributed by atoms with Gasteiger partial charge in [0.25, 0.3) is 0 Å². The summed E-state index contributed by atoms with van der Waals surface area (Å²) in [6, 6.07) is -0.974. The van der Waals surface area contributed by atoms with Gasteiger partial charge < -0.3 is 26.2 Å². The third kappa shape index (κ3) is 32.2. The summed E-state index contributed by atoms with van der Waals surface area (Å²) in [6.07, 6.45) is 31.8. The summed E-state index contributed by atoms with van der Waals surface area (Å²) in [5.41, 5.74) is 5.33. The first-order valence-corrected chi connectivity index (χ1v) is 20.9. The highest BCUT2D eigenvalue weighted by Crippen LogP contribution is 2.43. The van der Waals surface area contributed by atoms with Crippen LogP contribution in [-0.4, -0.2) is 59.0 Å². The molecule has 0 aromatic rings. The van der Waals surface area contributed by atoms with Crippen molar-refractivity contribution in [1.29, 1.82) is 0 Å². The van der Waals surface area contributed by atoms with Crippen LogP contribution in [0, 0.1) is 0 Å². The number of nitrogens with one attached hydrogen (secondary N) is 1. The second kappa shape index (κ2) is 33.7. The van der Waals surface area contributed by atoms with Crippen molar-refractivity contribution < 1.29 is 33.5 Å². The molecule has 9 nitrogen and oxygen atoms in total. The Labute approximate surface area is 288 Å². The van der Waals surface area contributed by atoms with Crippen molar-refractivity contribution in [2.24, 2.45) is 5.73 Å². The van der Waals surface area contributed by atoms with Crippen molar-refractivity contribution in [2.75, 3.05) is 19.8 Å². The third-order valence-corrected chi connectivity index (χ3v) is 9.65. The van der Waals surface area contributed by atoms with E-state index in [2.05, 4.69) is 19.2 Å². The van der Waals surface area contributed by atoms with E-state index in [0.29, 0.717) is 6.42 Å². The number of amides is 1. The number of aliphatic hydroxyl groups excluding tert-OH is 2. The molecule has 0 aliphatic heterocycles. The van der Waals surface area contributed by atoms with Crippen molar-refractivity contribution in [3.05, 3.63) is 12.2 Å². The van der Waals surface area contributed by atoms with Gasteiger partial charge in [-0.25, -0.2) is 4.57 Å². The standard InChI is InChI=1S/C37H75N2O7P/c1-3-5-7-9-11-12-13-14-15-16-17-18-19-20-21-23-24-26-28-34(40)32-37(42)39-35(33-46-47(43,44)45-31-30-38)36(41)29-27-25-22-10-8-6-4-2/h27,29,34-36,40-41H,3-26,28,30-33,38H2,1-2H3,(H,39,42)(H,43,44)/b29-27+. The predicted molar refractivity (Wildman–Crippen MR) is 195 cm³/mol. The minimum Gasteiger partial charge on any atom is -0.393 e. The van der Waals surface area contributed by atoms with Gasteiger partial charge in [0.1, 0.15) is 0 Å². The van der Waals surface area contributed by atoms with Gasteiger partial charge in [-0.3, -0.25) is 13.8 Å². The van der Waals surface area contributed by atoms with E-state index in [1.807, 2.05) is 6.08 Å². The van der Waals surface area contributed by atoms with E-state index in [9.17, 15) is 24.5 Å². The second-order valence-corrected chi connectivity index (χ2v) is 14.8. The van der Waals surface area contributed by atoms with Crippen LogP contribution in [-0.2, 0) is 18.4 Å². The van der Waals surface area contributed by atoms with E-state index in [0.717, 1.165) is 38.5 Å². The Morgan fingerprint density at radius 2 is 1.17 bits per heavy atom. The zero-order valence-corrected chi connectivity index (χ0v) is 31.3. The van der Waals surface area contributed by atoms with Gasteiger partial charge in [-0.05, 0) is 19.3 Å². The molecule has 0 fully saturated rings. The van der Waals surface area contributed by atoms with E-state index >= 15 is 0 Å². The first-order chi connectivity index (χ1) is 22.8. The number of nitrogens with two attached hydrogens (primary N) is 1. The zero-order chi connectivity index (χ0) is 34.9. The molecule has 10 heteroatoms. The number of allylic oxidation sites excluding steroid dienone is 1. The average Bonchev–Trinajstić information content (AvgIpc) is 3.04. The van der Waals surface area contributed by atoms with Crippen LogP contribution in [0.3, 0.4) is 0 Å². The van der Waals surface area contributed by atoms with Crippen molar-refractivity contribution in [2.45, 2.75) is 199 Å². The lowest BCUT2D eigenvalue weighted by Crippen LogP contribution is -2.46. The lowest BCUT2D eigenvalue weighted by atomic mass is 10.0. The Morgan fingerprint density at radius 3 is 1.64 bits per heavy atom. The third-order valence-electron chi connectivity index (χ3n) is 8.67. The molecule has 0 saturated heterocycles. The SMILES string of the molecule is CCCCCCC/C=C/C(O)C(COP(=O)(O)OCCN)NC(=O)CC(O)CCCCCCCCCCCCCCCCCCCC. The number of hydrogen-bond donors (Lipinski definition) is 5. The Balaban J connectivity index is 4.17. The molecule has 47 heavy (non-hydrogen) atoms. The predicted octanol–water partition coefficient (Wildman–Crippen LogP) is 9.02.